The van der Waals surface area contributed by atoms with Crippen molar-refractivity contribution in [3.63, 3.8) is 0 Å². The van der Waals surface area contributed by atoms with Gasteiger partial charge in [-0.3, -0.25) is 14.9 Å². The van der Waals surface area contributed by atoms with Crippen LogP contribution in [-0.2, 0) is 4.79 Å². The molecular formula is C22H20N4O4S. The lowest BCUT2D eigenvalue weighted by Crippen LogP contribution is -2.25. The molecule has 1 aromatic carbocycles. The maximum atomic E-state index is 12.6. The molecule has 1 aliphatic heterocycles. The van der Waals surface area contributed by atoms with E-state index < -0.39 is 0 Å². The number of amides is 2. The SMILES string of the molecule is O=C1COc2ccc(-c3csc(NC(=O)c4ccc(OC5CCCC5)nc4)n3)cc2N1. The van der Waals surface area contributed by atoms with Gasteiger partial charge in [-0.05, 0) is 49.9 Å². The third-order valence-electron chi connectivity index (χ3n) is 5.22. The first-order valence-corrected chi connectivity index (χ1v) is 11.0. The summed E-state index contributed by atoms with van der Waals surface area (Å²) in [5, 5.41) is 7.91. The summed E-state index contributed by atoms with van der Waals surface area (Å²) in [6.45, 7) is 0.0156. The molecule has 9 heteroatoms. The van der Waals surface area contributed by atoms with E-state index in [9.17, 15) is 9.59 Å². The fraction of sp³-hybridized carbons (Fsp3) is 0.273. The summed E-state index contributed by atoms with van der Waals surface area (Å²) >= 11 is 1.32. The van der Waals surface area contributed by atoms with Crippen LogP contribution in [0.1, 0.15) is 36.0 Å². The minimum atomic E-state index is -0.285. The van der Waals surface area contributed by atoms with Gasteiger partial charge in [0.15, 0.2) is 11.7 Å². The third-order valence-corrected chi connectivity index (χ3v) is 5.98. The van der Waals surface area contributed by atoms with E-state index >= 15 is 0 Å². The number of benzene rings is 1. The Balaban J connectivity index is 1.24. The monoisotopic (exact) mass is 436 g/mol. The van der Waals surface area contributed by atoms with Crippen LogP contribution < -0.4 is 20.1 Å². The molecule has 158 valence electrons. The molecular weight excluding hydrogens is 416 g/mol. The van der Waals surface area contributed by atoms with Crippen LogP contribution in [0.15, 0.2) is 41.9 Å². The zero-order valence-electron chi connectivity index (χ0n) is 16.6. The number of hydrogen-bond donors (Lipinski definition) is 2. The Labute approximate surface area is 182 Å². The minimum absolute atomic E-state index is 0.0156. The highest BCUT2D eigenvalue weighted by molar-refractivity contribution is 7.14. The van der Waals surface area contributed by atoms with Crippen LogP contribution in [0.3, 0.4) is 0 Å². The number of nitrogens with one attached hydrogen (secondary N) is 2. The molecule has 5 rings (SSSR count). The van der Waals surface area contributed by atoms with Crippen LogP contribution in [0.25, 0.3) is 11.3 Å². The summed E-state index contributed by atoms with van der Waals surface area (Å²) in [5.41, 5.74) is 2.56. The van der Waals surface area contributed by atoms with Crippen molar-refractivity contribution >= 4 is 34.0 Å². The van der Waals surface area contributed by atoms with Crippen LogP contribution in [0.4, 0.5) is 10.8 Å². The summed E-state index contributed by atoms with van der Waals surface area (Å²) in [7, 11) is 0. The second-order valence-electron chi connectivity index (χ2n) is 7.45. The molecule has 2 N–H and O–H groups in total. The maximum Gasteiger partial charge on any atom is 0.262 e. The number of aromatic nitrogens is 2. The molecule has 8 nitrogen and oxygen atoms in total. The van der Waals surface area contributed by atoms with Gasteiger partial charge in [-0.2, -0.15) is 0 Å². The van der Waals surface area contributed by atoms with Crippen molar-refractivity contribution in [2.75, 3.05) is 17.2 Å². The molecule has 1 fully saturated rings. The molecule has 2 amide bonds. The largest absolute Gasteiger partial charge is 0.482 e. The van der Waals surface area contributed by atoms with E-state index in [-0.39, 0.29) is 24.5 Å². The number of thiazole rings is 1. The number of ether oxygens (including phenoxy) is 2. The topological polar surface area (TPSA) is 102 Å². The van der Waals surface area contributed by atoms with Crippen LogP contribution >= 0.6 is 11.3 Å². The standard InChI is InChI=1S/C22H20N4O4S/c27-19-11-29-18-7-5-13(9-16(18)24-19)17-12-31-22(25-17)26-21(28)14-6-8-20(23-10-14)30-15-3-1-2-4-15/h5-10,12,15H,1-4,11H2,(H,24,27)(H,25,26,28). The summed E-state index contributed by atoms with van der Waals surface area (Å²) in [4.78, 5) is 32.8. The molecule has 1 aliphatic carbocycles. The number of carbonyl (C=O) groups is 2. The molecule has 0 atom stereocenters. The first kappa shape index (κ1) is 19.5. The second kappa shape index (κ2) is 8.35. The van der Waals surface area contributed by atoms with Crippen molar-refractivity contribution in [2.45, 2.75) is 31.8 Å². The molecule has 0 radical (unpaired) electrons. The van der Waals surface area contributed by atoms with Gasteiger partial charge in [0.05, 0.1) is 16.9 Å². The van der Waals surface area contributed by atoms with E-state index in [0.29, 0.717) is 33.7 Å². The Hall–Kier alpha value is -3.46. The third kappa shape index (κ3) is 4.36. The van der Waals surface area contributed by atoms with E-state index in [4.69, 9.17) is 9.47 Å². The quantitative estimate of drug-likeness (QED) is 0.624. The van der Waals surface area contributed by atoms with Crippen molar-refractivity contribution in [1.82, 2.24) is 9.97 Å². The van der Waals surface area contributed by atoms with Crippen molar-refractivity contribution in [3.8, 4) is 22.9 Å². The fourth-order valence-corrected chi connectivity index (χ4v) is 4.35. The van der Waals surface area contributed by atoms with Crippen LogP contribution in [0.2, 0.25) is 0 Å². The number of pyridine rings is 1. The van der Waals surface area contributed by atoms with Crippen LogP contribution in [0.5, 0.6) is 11.6 Å². The molecule has 0 bridgehead atoms. The lowest BCUT2D eigenvalue weighted by Gasteiger charge is -2.18. The van der Waals surface area contributed by atoms with Crippen molar-refractivity contribution in [2.24, 2.45) is 0 Å². The first-order valence-electron chi connectivity index (χ1n) is 10.1. The van der Waals surface area contributed by atoms with Gasteiger partial charge < -0.3 is 14.8 Å². The van der Waals surface area contributed by atoms with Gasteiger partial charge in [0, 0.05) is 23.2 Å². The minimum Gasteiger partial charge on any atom is -0.482 e. The number of nitrogens with zero attached hydrogens (tertiary/aromatic N) is 2. The van der Waals surface area contributed by atoms with E-state index in [1.807, 2.05) is 11.4 Å². The predicted octanol–water partition coefficient (Wildman–Crippen LogP) is 4.11. The number of carbonyl (C=O) groups excluding carboxylic acids is 2. The molecule has 0 spiro atoms. The van der Waals surface area contributed by atoms with E-state index in [2.05, 4.69) is 20.6 Å². The Morgan fingerprint density at radius 3 is 2.90 bits per heavy atom. The number of fused-ring (bicyclic) bond motifs is 1. The average Bonchev–Trinajstić information content (AvgIpc) is 3.46. The molecule has 2 aliphatic rings. The predicted molar refractivity (Wildman–Crippen MR) is 117 cm³/mol. The molecule has 0 saturated heterocycles. The van der Waals surface area contributed by atoms with E-state index in [1.54, 1.807) is 24.3 Å². The molecule has 2 aromatic heterocycles. The Kier molecular flexibility index (Phi) is 5.25. The van der Waals surface area contributed by atoms with Gasteiger partial charge in [-0.25, -0.2) is 9.97 Å². The van der Waals surface area contributed by atoms with Gasteiger partial charge in [-0.15, -0.1) is 11.3 Å². The van der Waals surface area contributed by atoms with Gasteiger partial charge in [0.25, 0.3) is 11.8 Å². The Morgan fingerprint density at radius 1 is 1.23 bits per heavy atom. The van der Waals surface area contributed by atoms with Crippen molar-refractivity contribution in [3.05, 3.63) is 47.5 Å². The number of anilines is 2. The van der Waals surface area contributed by atoms with Crippen molar-refractivity contribution < 1.29 is 19.1 Å². The average molecular weight is 436 g/mol. The maximum absolute atomic E-state index is 12.6. The second-order valence-corrected chi connectivity index (χ2v) is 8.31. The summed E-state index contributed by atoms with van der Waals surface area (Å²) < 4.78 is 11.2. The molecule has 3 aromatic rings. The molecule has 1 saturated carbocycles. The van der Waals surface area contributed by atoms with Gasteiger partial charge in [0.1, 0.15) is 11.9 Å². The summed E-state index contributed by atoms with van der Waals surface area (Å²) in [6.07, 6.45) is 6.23. The van der Waals surface area contributed by atoms with Gasteiger partial charge >= 0.3 is 0 Å². The van der Waals surface area contributed by atoms with Gasteiger partial charge in [0.2, 0.25) is 5.88 Å². The number of rotatable bonds is 5. The smallest absolute Gasteiger partial charge is 0.262 e. The summed E-state index contributed by atoms with van der Waals surface area (Å²) in [5.74, 6) is 0.694. The summed E-state index contributed by atoms with van der Waals surface area (Å²) in [6, 6.07) is 8.89. The first-order chi connectivity index (χ1) is 15.1. The molecule has 31 heavy (non-hydrogen) atoms. The molecule has 0 unspecified atom stereocenters. The molecule has 3 heterocycles. The zero-order chi connectivity index (χ0) is 21.2. The number of hydrogen-bond acceptors (Lipinski definition) is 7. The lowest BCUT2D eigenvalue weighted by molar-refractivity contribution is -0.118. The zero-order valence-corrected chi connectivity index (χ0v) is 17.4. The van der Waals surface area contributed by atoms with E-state index in [1.165, 1.54) is 30.4 Å². The Morgan fingerprint density at radius 2 is 2.10 bits per heavy atom. The highest BCUT2D eigenvalue weighted by Gasteiger charge is 2.19. The van der Waals surface area contributed by atoms with Gasteiger partial charge in [-0.1, -0.05) is 0 Å². The van der Waals surface area contributed by atoms with E-state index in [0.717, 1.165) is 18.4 Å². The fourth-order valence-electron chi connectivity index (χ4n) is 3.64. The normalized spacial score (nSPS) is 15.7. The highest BCUT2D eigenvalue weighted by atomic mass is 32.1. The van der Waals surface area contributed by atoms with Crippen LogP contribution in [-0.4, -0.2) is 34.5 Å². The Bertz CT molecular complexity index is 1120. The van der Waals surface area contributed by atoms with Crippen LogP contribution in [0, 0.1) is 0 Å². The highest BCUT2D eigenvalue weighted by Crippen LogP contribution is 2.34. The lowest BCUT2D eigenvalue weighted by atomic mass is 10.1. The van der Waals surface area contributed by atoms with Crippen molar-refractivity contribution in [1.29, 1.82) is 0 Å².